The van der Waals surface area contributed by atoms with Gasteiger partial charge in [0.1, 0.15) is 0 Å². The quantitative estimate of drug-likeness (QED) is 0.693. The number of rotatable bonds is 2. The summed E-state index contributed by atoms with van der Waals surface area (Å²) in [6, 6.07) is 0. The van der Waals surface area contributed by atoms with Crippen LogP contribution in [0.3, 0.4) is 0 Å². The summed E-state index contributed by atoms with van der Waals surface area (Å²) >= 11 is 0. The predicted octanol–water partition coefficient (Wildman–Crippen LogP) is -0.600. The van der Waals surface area contributed by atoms with Gasteiger partial charge in [-0.1, -0.05) is 0 Å². The van der Waals surface area contributed by atoms with Crippen LogP contribution in [-0.4, -0.2) is 57.4 Å². The molecule has 0 aliphatic carbocycles. The van der Waals surface area contributed by atoms with Crippen molar-refractivity contribution >= 4 is 10.0 Å². The second kappa shape index (κ2) is 4.78. The lowest BCUT2D eigenvalue weighted by Crippen LogP contribution is -2.41. The molecule has 2 aliphatic rings. The van der Waals surface area contributed by atoms with Gasteiger partial charge >= 0.3 is 0 Å². The van der Waals surface area contributed by atoms with E-state index in [1.165, 1.54) is 0 Å². The molecular weight excluding hydrogens is 216 g/mol. The molecule has 5 nitrogen and oxygen atoms in total. The summed E-state index contributed by atoms with van der Waals surface area (Å²) < 4.78 is 31.2. The first-order valence-electron chi connectivity index (χ1n) is 5.49. The van der Waals surface area contributed by atoms with Gasteiger partial charge in [0.2, 0.25) is 10.0 Å². The second-order valence-corrected chi connectivity index (χ2v) is 6.24. The van der Waals surface area contributed by atoms with Crippen molar-refractivity contribution in [1.29, 1.82) is 0 Å². The highest BCUT2D eigenvalue weighted by Crippen LogP contribution is 2.16. The molecule has 2 fully saturated rings. The predicted molar refractivity (Wildman–Crippen MR) is 57.2 cm³/mol. The molecule has 0 spiro atoms. The Bertz CT molecular complexity index is 290. The van der Waals surface area contributed by atoms with Gasteiger partial charge in [-0.25, -0.2) is 8.42 Å². The molecule has 88 valence electrons. The number of sulfonamides is 1. The van der Waals surface area contributed by atoms with E-state index in [4.69, 9.17) is 4.74 Å². The van der Waals surface area contributed by atoms with E-state index in [-0.39, 0.29) is 5.25 Å². The highest BCUT2D eigenvalue weighted by atomic mass is 32.2. The minimum atomic E-state index is -3.09. The Morgan fingerprint density at radius 2 is 2.13 bits per heavy atom. The highest BCUT2D eigenvalue weighted by molar-refractivity contribution is 7.89. The number of ether oxygens (including phenoxy) is 1. The summed E-state index contributed by atoms with van der Waals surface area (Å²) in [5.41, 5.74) is 0. The molecule has 15 heavy (non-hydrogen) atoms. The zero-order chi connectivity index (χ0) is 10.7. The Kier molecular flexibility index (Phi) is 3.60. The van der Waals surface area contributed by atoms with Gasteiger partial charge in [-0.05, 0) is 19.4 Å². The molecule has 2 saturated heterocycles. The fraction of sp³-hybridized carbons (Fsp3) is 1.00. The van der Waals surface area contributed by atoms with E-state index in [0.29, 0.717) is 32.8 Å². The molecule has 2 rings (SSSR count). The van der Waals surface area contributed by atoms with Crippen molar-refractivity contribution in [2.75, 3.05) is 39.4 Å². The minimum absolute atomic E-state index is 0.226. The van der Waals surface area contributed by atoms with Crippen molar-refractivity contribution < 1.29 is 13.2 Å². The maximum absolute atomic E-state index is 12.2. The molecule has 1 unspecified atom stereocenters. The third kappa shape index (κ3) is 2.50. The number of nitrogens with zero attached hydrogens (tertiary/aromatic N) is 1. The van der Waals surface area contributed by atoms with Gasteiger partial charge in [-0.3, -0.25) is 0 Å². The van der Waals surface area contributed by atoms with Crippen LogP contribution in [0.4, 0.5) is 0 Å². The molecule has 0 aromatic rings. The molecule has 1 N–H and O–H groups in total. The van der Waals surface area contributed by atoms with E-state index in [1.807, 2.05) is 0 Å². The highest BCUT2D eigenvalue weighted by Gasteiger charge is 2.34. The number of hydrogen-bond acceptors (Lipinski definition) is 4. The first kappa shape index (κ1) is 11.3. The molecule has 0 bridgehead atoms. The Morgan fingerprint density at radius 1 is 1.27 bits per heavy atom. The van der Waals surface area contributed by atoms with E-state index in [1.54, 1.807) is 4.31 Å². The molecular formula is C9H18N2O3S. The van der Waals surface area contributed by atoms with E-state index in [9.17, 15) is 8.42 Å². The summed E-state index contributed by atoms with van der Waals surface area (Å²) in [5, 5.41) is 2.87. The van der Waals surface area contributed by atoms with Crippen molar-refractivity contribution in [3.8, 4) is 0 Å². The summed E-state index contributed by atoms with van der Waals surface area (Å²) in [6.45, 7) is 3.74. The lowest BCUT2D eigenvalue weighted by atomic mass is 10.4. The molecule has 1 atom stereocenters. The summed E-state index contributed by atoms with van der Waals surface area (Å²) in [4.78, 5) is 0. The third-order valence-electron chi connectivity index (χ3n) is 2.98. The topological polar surface area (TPSA) is 58.6 Å². The van der Waals surface area contributed by atoms with Gasteiger partial charge in [0.15, 0.2) is 0 Å². The largest absolute Gasteiger partial charge is 0.380 e. The van der Waals surface area contributed by atoms with Crippen LogP contribution in [0.1, 0.15) is 12.8 Å². The lowest BCUT2D eigenvalue weighted by molar-refractivity contribution is 0.148. The SMILES string of the molecule is O=S(=O)(C1CCNC1)N1CCCOCC1. The second-order valence-electron chi connectivity index (χ2n) is 4.02. The first-order valence-corrected chi connectivity index (χ1v) is 6.99. The zero-order valence-electron chi connectivity index (χ0n) is 8.81. The zero-order valence-corrected chi connectivity index (χ0v) is 9.63. The van der Waals surface area contributed by atoms with Gasteiger partial charge in [-0.15, -0.1) is 0 Å². The van der Waals surface area contributed by atoms with Crippen LogP contribution < -0.4 is 5.32 Å². The van der Waals surface area contributed by atoms with E-state index >= 15 is 0 Å². The van der Waals surface area contributed by atoms with Crippen LogP contribution >= 0.6 is 0 Å². The van der Waals surface area contributed by atoms with Crippen LogP contribution in [0.2, 0.25) is 0 Å². The van der Waals surface area contributed by atoms with Crippen LogP contribution in [0.25, 0.3) is 0 Å². The van der Waals surface area contributed by atoms with Crippen LogP contribution in [0, 0.1) is 0 Å². The van der Waals surface area contributed by atoms with Crippen LogP contribution in [0.5, 0.6) is 0 Å². The molecule has 6 heteroatoms. The smallest absolute Gasteiger partial charge is 0.218 e. The van der Waals surface area contributed by atoms with Gasteiger partial charge in [-0.2, -0.15) is 4.31 Å². The molecule has 0 saturated carbocycles. The summed E-state index contributed by atoms with van der Waals surface area (Å²) in [7, 11) is -3.09. The standard InChI is InChI=1S/C9H18N2O3S/c12-15(13,9-2-3-10-8-9)11-4-1-6-14-7-5-11/h9-10H,1-8H2. The fourth-order valence-corrected chi connectivity index (χ4v) is 3.95. The fourth-order valence-electron chi connectivity index (χ4n) is 2.07. The van der Waals surface area contributed by atoms with E-state index in [2.05, 4.69) is 5.32 Å². The normalized spacial score (nSPS) is 30.3. The lowest BCUT2D eigenvalue weighted by Gasteiger charge is -2.22. The van der Waals surface area contributed by atoms with Gasteiger partial charge < -0.3 is 10.1 Å². The average Bonchev–Trinajstić information content (AvgIpc) is 2.61. The van der Waals surface area contributed by atoms with Crippen molar-refractivity contribution in [1.82, 2.24) is 9.62 Å². The Hall–Kier alpha value is -0.170. The molecule has 2 heterocycles. The Labute approximate surface area is 90.8 Å². The summed E-state index contributed by atoms with van der Waals surface area (Å²) in [6.07, 6.45) is 1.54. The van der Waals surface area contributed by atoms with Crippen molar-refractivity contribution in [2.24, 2.45) is 0 Å². The van der Waals surface area contributed by atoms with Crippen molar-refractivity contribution in [2.45, 2.75) is 18.1 Å². The van der Waals surface area contributed by atoms with E-state index in [0.717, 1.165) is 19.4 Å². The van der Waals surface area contributed by atoms with Gasteiger partial charge in [0, 0.05) is 26.2 Å². The molecule has 0 aromatic carbocycles. The minimum Gasteiger partial charge on any atom is -0.380 e. The first-order chi connectivity index (χ1) is 7.21. The average molecular weight is 234 g/mol. The van der Waals surface area contributed by atoms with Gasteiger partial charge in [0.25, 0.3) is 0 Å². The van der Waals surface area contributed by atoms with Crippen LogP contribution in [-0.2, 0) is 14.8 Å². The molecule has 0 radical (unpaired) electrons. The van der Waals surface area contributed by atoms with E-state index < -0.39 is 10.0 Å². The number of nitrogens with one attached hydrogen (secondary N) is 1. The van der Waals surface area contributed by atoms with Crippen LogP contribution in [0.15, 0.2) is 0 Å². The maximum atomic E-state index is 12.2. The molecule has 0 amide bonds. The maximum Gasteiger partial charge on any atom is 0.218 e. The Balaban J connectivity index is 2.05. The summed E-state index contributed by atoms with van der Waals surface area (Å²) in [5.74, 6) is 0. The molecule has 2 aliphatic heterocycles. The molecule has 0 aromatic heterocycles. The number of hydrogen-bond donors (Lipinski definition) is 1. The Morgan fingerprint density at radius 3 is 2.87 bits per heavy atom. The van der Waals surface area contributed by atoms with Gasteiger partial charge in [0.05, 0.1) is 11.9 Å². The monoisotopic (exact) mass is 234 g/mol. The third-order valence-corrected chi connectivity index (χ3v) is 5.31. The van der Waals surface area contributed by atoms with Crippen molar-refractivity contribution in [3.05, 3.63) is 0 Å². The van der Waals surface area contributed by atoms with Crippen molar-refractivity contribution in [3.63, 3.8) is 0 Å².